The van der Waals surface area contributed by atoms with E-state index in [1.165, 1.54) is 45.1 Å². The van der Waals surface area contributed by atoms with Crippen LogP contribution in [0.4, 0.5) is 4.39 Å². The Kier molecular flexibility index (Phi) is 5.73. The van der Waals surface area contributed by atoms with E-state index < -0.39 is 0 Å². The van der Waals surface area contributed by atoms with Crippen molar-refractivity contribution in [1.29, 1.82) is 0 Å². The van der Waals surface area contributed by atoms with Gasteiger partial charge in [-0.05, 0) is 64.0 Å². The summed E-state index contributed by atoms with van der Waals surface area (Å²) in [7, 11) is 0. The highest BCUT2D eigenvalue weighted by Gasteiger charge is 2.10. The van der Waals surface area contributed by atoms with Gasteiger partial charge in [-0.25, -0.2) is 4.39 Å². The largest absolute Gasteiger partial charge is 0.310 e. The predicted octanol–water partition coefficient (Wildman–Crippen LogP) is 2.75. The highest BCUT2D eigenvalue weighted by atomic mass is 19.1. The molecule has 1 aromatic rings. The van der Waals surface area contributed by atoms with E-state index in [-0.39, 0.29) is 11.9 Å². The lowest BCUT2D eigenvalue weighted by Crippen LogP contribution is -2.32. The maximum atomic E-state index is 13.1. The molecule has 0 radical (unpaired) electrons. The molecule has 19 heavy (non-hydrogen) atoms. The molecule has 1 aliphatic rings. The Labute approximate surface area is 115 Å². The Morgan fingerprint density at radius 3 is 2.84 bits per heavy atom. The first-order valence-corrected chi connectivity index (χ1v) is 7.32. The average Bonchev–Trinajstić information content (AvgIpc) is 2.44. The number of piperidine rings is 1. The van der Waals surface area contributed by atoms with Gasteiger partial charge in [-0.2, -0.15) is 0 Å². The summed E-state index contributed by atoms with van der Waals surface area (Å²) in [4.78, 5) is 6.42. The van der Waals surface area contributed by atoms with Crippen LogP contribution in [0.3, 0.4) is 0 Å². The van der Waals surface area contributed by atoms with E-state index in [0.29, 0.717) is 0 Å². The molecule has 1 atom stereocenters. The number of hydrogen-bond donors (Lipinski definition) is 1. The number of halogens is 1. The molecule has 106 valence electrons. The molecule has 0 aromatic carbocycles. The van der Waals surface area contributed by atoms with Gasteiger partial charge in [-0.15, -0.1) is 0 Å². The molecule has 0 spiro atoms. The van der Waals surface area contributed by atoms with Crippen molar-refractivity contribution in [3.8, 4) is 0 Å². The first kappa shape index (κ1) is 14.4. The van der Waals surface area contributed by atoms with Gasteiger partial charge < -0.3 is 10.2 Å². The lowest BCUT2D eigenvalue weighted by atomic mass is 10.1. The first-order chi connectivity index (χ1) is 9.25. The molecule has 0 saturated carbocycles. The van der Waals surface area contributed by atoms with Gasteiger partial charge in [0.15, 0.2) is 0 Å². The Morgan fingerprint density at radius 2 is 2.11 bits per heavy atom. The van der Waals surface area contributed by atoms with Gasteiger partial charge in [-0.3, -0.25) is 4.98 Å². The number of nitrogens with one attached hydrogen (secondary N) is 1. The van der Waals surface area contributed by atoms with Crippen LogP contribution in [0.25, 0.3) is 0 Å². The van der Waals surface area contributed by atoms with Crippen molar-refractivity contribution >= 4 is 0 Å². The smallest absolute Gasteiger partial charge is 0.141 e. The summed E-state index contributed by atoms with van der Waals surface area (Å²) < 4.78 is 13.1. The standard InChI is InChI=1S/C15H24FN3/c1-13(14-10-15(16)12-17-11-14)18-6-5-9-19-7-3-2-4-8-19/h10-13,18H,2-9H2,1H3. The lowest BCUT2D eigenvalue weighted by Gasteiger charge is -2.26. The van der Waals surface area contributed by atoms with E-state index in [0.717, 1.165) is 18.5 Å². The van der Waals surface area contributed by atoms with Crippen LogP contribution in [0.1, 0.15) is 44.2 Å². The SMILES string of the molecule is CC(NCCCN1CCCCC1)c1cncc(F)c1. The van der Waals surface area contributed by atoms with Gasteiger partial charge in [0.1, 0.15) is 5.82 Å². The summed E-state index contributed by atoms with van der Waals surface area (Å²) in [6.07, 6.45) is 8.20. The Bertz CT molecular complexity index is 377. The quantitative estimate of drug-likeness (QED) is 0.802. The van der Waals surface area contributed by atoms with Crippen LogP contribution < -0.4 is 5.32 Å². The zero-order valence-corrected chi connectivity index (χ0v) is 11.7. The second-order valence-corrected chi connectivity index (χ2v) is 5.37. The van der Waals surface area contributed by atoms with E-state index in [1.54, 1.807) is 12.3 Å². The minimum atomic E-state index is -0.264. The van der Waals surface area contributed by atoms with Crippen molar-refractivity contribution in [2.45, 2.75) is 38.6 Å². The van der Waals surface area contributed by atoms with Crippen molar-refractivity contribution in [1.82, 2.24) is 15.2 Å². The van der Waals surface area contributed by atoms with Gasteiger partial charge in [0.25, 0.3) is 0 Å². The zero-order valence-electron chi connectivity index (χ0n) is 11.7. The average molecular weight is 265 g/mol. The molecule has 0 amide bonds. The van der Waals surface area contributed by atoms with Gasteiger partial charge in [-0.1, -0.05) is 6.42 Å². The third-order valence-corrected chi connectivity index (χ3v) is 3.78. The van der Waals surface area contributed by atoms with Gasteiger partial charge in [0.05, 0.1) is 6.20 Å². The minimum absolute atomic E-state index is 0.157. The molecular formula is C15H24FN3. The van der Waals surface area contributed by atoms with Crippen molar-refractivity contribution < 1.29 is 4.39 Å². The summed E-state index contributed by atoms with van der Waals surface area (Å²) in [5.41, 5.74) is 0.915. The van der Waals surface area contributed by atoms with Crippen LogP contribution in [-0.4, -0.2) is 36.1 Å². The number of hydrogen-bond acceptors (Lipinski definition) is 3. The van der Waals surface area contributed by atoms with E-state index in [9.17, 15) is 4.39 Å². The molecule has 1 fully saturated rings. The molecule has 1 N–H and O–H groups in total. The molecule has 1 unspecified atom stereocenters. The highest BCUT2D eigenvalue weighted by Crippen LogP contribution is 2.12. The maximum absolute atomic E-state index is 13.1. The van der Waals surface area contributed by atoms with Crippen LogP contribution in [0.5, 0.6) is 0 Å². The maximum Gasteiger partial charge on any atom is 0.141 e. The molecule has 2 heterocycles. The third-order valence-electron chi connectivity index (χ3n) is 3.78. The van der Waals surface area contributed by atoms with E-state index in [2.05, 4.69) is 22.1 Å². The van der Waals surface area contributed by atoms with Gasteiger partial charge >= 0.3 is 0 Å². The normalized spacial score (nSPS) is 18.4. The predicted molar refractivity (Wildman–Crippen MR) is 75.5 cm³/mol. The molecule has 1 aliphatic heterocycles. The number of rotatable bonds is 6. The van der Waals surface area contributed by atoms with Gasteiger partial charge in [0.2, 0.25) is 0 Å². The van der Waals surface area contributed by atoms with Crippen molar-refractivity contribution in [2.24, 2.45) is 0 Å². The molecule has 0 bridgehead atoms. The number of pyridine rings is 1. The molecule has 1 aromatic heterocycles. The summed E-state index contributed by atoms with van der Waals surface area (Å²) in [6.45, 7) is 6.69. The molecule has 0 aliphatic carbocycles. The monoisotopic (exact) mass is 265 g/mol. The van der Waals surface area contributed by atoms with E-state index >= 15 is 0 Å². The topological polar surface area (TPSA) is 28.2 Å². The highest BCUT2D eigenvalue weighted by molar-refractivity contribution is 5.14. The third kappa shape index (κ3) is 4.88. The van der Waals surface area contributed by atoms with Crippen molar-refractivity contribution in [3.63, 3.8) is 0 Å². The number of aromatic nitrogens is 1. The van der Waals surface area contributed by atoms with Crippen LogP contribution >= 0.6 is 0 Å². The fourth-order valence-electron chi connectivity index (χ4n) is 2.59. The van der Waals surface area contributed by atoms with Crippen LogP contribution in [0.2, 0.25) is 0 Å². The fourth-order valence-corrected chi connectivity index (χ4v) is 2.59. The Morgan fingerprint density at radius 1 is 1.32 bits per heavy atom. The number of likely N-dealkylation sites (tertiary alicyclic amines) is 1. The molecule has 4 heteroatoms. The summed E-state index contributed by atoms with van der Waals surface area (Å²) in [5, 5.41) is 3.43. The first-order valence-electron chi connectivity index (χ1n) is 7.32. The lowest BCUT2D eigenvalue weighted by molar-refractivity contribution is 0.225. The Hall–Kier alpha value is -1.00. The van der Waals surface area contributed by atoms with Gasteiger partial charge in [0, 0.05) is 12.2 Å². The molecule has 1 saturated heterocycles. The Balaban J connectivity index is 1.64. The second kappa shape index (κ2) is 7.56. The minimum Gasteiger partial charge on any atom is -0.310 e. The van der Waals surface area contributed by atoms with E-state index in [1.807, 2.05) is 0 Å². The number of nitrogens with zero attached hydrogens (tertiary/aromatic N) is 2. The van der Waals surface area contributed by atoms with Crippen LogP contribution in [0, 0.1) is 5.82 Å². The van der Waals surface area contributed by atoms with Crippen molar-refractivity contribution in [3.05, 3.63) is 29.8 Å². The summed E-state index contributed by atoms with van der Waals surface area (Å²) in [5.74, 6) is -0.264. The zero-order chi connectivity index (χ0) is 13.5. The second-order valence-electron chi connectivity index (χ2n) is 5.37. The molecular weight excluding hydrogens is 241 g/mol. The summed E-state index contributed by atoms with van der Waals surface area (Å²) in [6, 6.07) is 1.71. The van der Waals surface area contributed by atoms with Crippen LogP contribution in [-0.2, 0) is 0 Å². The molecule has 3 nitrogen and oxygen atoms in total. The molecule has 2 rings (SSSR count). The van der Waals surface area contributed by atoms with Crippen LogP contribution in [0.15, 0.2) is 18.5 Å². The summed E-state index contributed by atoms with van der Waals surface area (Å²) >= 11 is 0. The fraction of sp³-hybridized carbons (Fsp3) is 0.667. The van der Waals surface area contributed by atoms with Crippen molar-refractivity contribution in [2.75, 3.05) is 26.2 Å². The van der Waals surface area contributed by atoms with E-state index in [4.69, 9.17) is 0 Å².